The van der Waals surface area contributed by atoms with Gasteiger partial charge in [-0.1, -0.05) is 6.58 Å². The van der Waals surface area contributed by atoms with Crippen LogP contribution in [0.3, 0.4) is 0 Å². The molecular weight excluding hydrogens is 260 g/mol. The third kappa shape index (κ3) is 2.68. The predicted molar refractivity (Wildman–Crippen MR) is 73.1 cm³/mol. The second-order valence-corrected chi connectivity index (χ2v) is 5.65. The predicted octanol–water partition coefficient (Wildman–Crippen LogP) is 1.77. The molecule has 0 spiro atoms. The molecule has 2 fully saturated rings. The molecular formula is C15H24O5. The molecule has 2 aliphatic carbocycles. The molecule has 5 heteroatoms. The number of hydrogen-bond donors (Lipinski definition) is 0. The number of ketones is 1. The van der Waals surface area contributed by atoms with E-state index in [1.165, 1.54) is 0 Å². The molecule has 0 unspecified atom stereocenters. The summed E-state index contributed by atoms with van der Waals surface area (Å²) in [5, 5.41) is 0. The van der Waals surface area contributed by atoms with Crippen molar-refractivity contribution in [3.8, 4) is 0 Å². The molecule has 3 atom stereocenters. The van der Waals surface area contributed by atoms with Crippen LogP contribution in [0, 0.1) is 17.3 Å². The maximum atomic E-state index is 12.1. The third-order valence-corrected chi connectivity index (χ3v) is 4.67. The summed E-state index contributed by atoms with van der Waals surface area (Å²) < 4.78 is 20.9. The maximum absolute atomic E-state index is 12.1. The summed E-state index contributed by atoms with van der Waals surface area (Å²) in [5.74, 6) is 0.702. The number of rotatable bonds is 9. The lowest BCUT2D eigenvalue weighted by Gasteiger charge is -2.35. The lowest BCUT2D eigenvalue weighted by atomic mass is 9.72. The van der Waals surface area contributed by atoms with Gasteiger partial charge in [-0.05, 0) is 24.3 Å². The van der Waals surface area contributed by atoms with Crippen LogP contribution in [-0.2, 0) is 23.7 Å². The minimum atomic E-state index is -0.274. The summed E-state index contributed by atoms with van der Waals surface area (Å²) in [6.45, 7) is 5.54. The summed E-state index contributed by atoms with van der Waals surface area (Å²) >= 11 is 0. The molecule has 0 aromatic rings. The molecule has 2 saturated carbocycles. The van der Waals surface area contributed by atoms with Gasteiger partial charge in [0.15, 0.2) is 0 Å². The van der Waals surface area contributed by atoms with E-state index in [9.17, 15) is 4.79 Å². The van der Waals surface area contributed by atoms with Gasteiger partial charge in [0.05, 0.1) is 13.2 Å². The lowest BCUT2D eigenvalue weighted by Crippen LogP contribution is -2.37. The van der Waals surface area contributed by atoms with Crippen molar-refractivity contribution in [3.63, 3.8) is 0 Å². The summed E-state index contributed by atoms with van der Waals surface area (Å²) in [6.07, 6.45) is 2.64. The largest absolute Gasteiger partial charge is 0.359 e. The van der Waals surface area contributed by atoms with Gasteiger partial charge < -0.3 is 18.9 Å². The Labute approximate surface area is 120 Å². The van der Waals surface area contributed by atoms with Crippen LogP contribution < -0.4 is 0 Å². The van der Waals surface area contributed by atoms with Crippen molar-refractivity contribution < 1.29 is 23.7 Å². The quantitative estimate of drug-likeness (QED) is 0.367. The van der Waals surface area contributed by atoms with Crippen LogP contribution >= 0.6 is 0 Å². The van der Waals surface area contributed by atoms with E-state index >= 15 is 0 Å². The van der Waals surface area contributed by atoms with E-state index in [2.05, 4.69) is 6.58 Å². The SMILES string of the molecule is C=C(COCOC)[C@@]1(COCOC)[C@@H]2CC[C@H]1C(=O)C2. The zero-order valence-electron chi connectivity index (χ0n) is 12.4. The van der Waals surface area contributed by atoms with E-state index in [0.717, 1.165) is 18.4 Å². The number of carbonyl (C=O) groups is 1. The zero-order chi connectivity index (χ0) is 14.6. The van der Waals surface area contributed by atoms with Gasteiger partial charge in [-0.25, -0.2) is 0 Å². The van der Waals surface area contributed by atoms with Crippen LogP contribution in [-0.4, -0.2) is 46.8 Å². The second kappa shape index (κ2) is 6.80. The molecule has 0 heterocycles. The summed E-state index contributed by atoms with van der Waals surface area (Å²) in [5.41, 5.74) is 0.674. The van der Waals surface area contributed by atoms with Gasteiger partial charge in [0.25, 0.3) is 0 Å². The molecule has 2 bridgehead atoms. The van der Waals surface area contributed by atoms with Gasteiger partial charge in [0.1, 0.15) is 19.4 Å². The Hall–Kier alpha value is -0.750. The zero-order valence-corrected chi connectivity index (χ0v) is 12.4. The van der Waals surface area contributed by atoms with Gasteiger partial charge in [-0.3, -0.25) is 4.79 Å². The van der Waals surface area contributed by atoms with Crippen molar-refractivity contribution in [2.24, 2.45) is 17.3 Å². The first-order valence-corrected chi connectivity index (χ1v) is 7.01. The Balaban J connectivity index is 2.09. The van der Waals surface area contributed by atoms with Crippen LogP contribution in [0.2, 0.25) is 0 Å². The van der Waals surface area contributed by atoms with Gasteiger partial charge in [-0.15, -0.1) is 0 Å². The van der Waals surface area contributed by atoms with Crippen molar-refractivity contribution in [3.05, 3.63) is 12.2 Å². The molecule has 0 amide bonds. The van der Waals surface area contributed by atoms with Crippen molar-refractivity contribution in [2.45, 2.75) is 19.3 Å². The molecule has 0 aliphatic heterocycles. The molecule has 5 nitrogen and oxygen atoms in total. The molecule has 0 aromatic carbocycles. The van der Waals surface area contributed by atoms with E-state index in [1.54, 1.807) is 14.2 Å². The van der Waals surface area contributed by atoms with E-state index < -0.39 is 0 Å². The number of ether oxygens (including phenoxy) is 4. The number of carbonyl (C=O) groups excluding carboxylic acids is 1. The van der Waals surface area contributed by atoms with Crippen LogP contribution in [0.5, 0.6) is 0 Å². The smallest absolute Gasteiger partial charge is 0.146 e. The Morgan fingerprint density at radius 3 is 2.50 bits per heavy atom. The van der Waals surface area contributed by atoms with Crippen LogP contribution in [0.1, 0.15) is 19.3 Å². The van der Waals surface area contributed by atoms with Crippen LogP contribution in [0.25, 0.3) is 0 Å². The van der Waals surface area contributed by atoms with Crippen molar-refractivity contribution in [1.82, 2.24) is 0 Å². The standard InChI is InChI=1S/C15H24O5/c1-11(7-19-9-17-2)15(8-20-10-18-3)12-4-5-13(15)14(16)6-12/h12-13H,1,4-10H2,2-3H3/t12-,13+,15+/m1/s1. The van der Waals surface area contributed by atoms with Gasteiger partial charge in [0, 0.05) is 32.0 Å². The topological polar surface area (TPSA) is 54.0 Å². The van der Waals surface area contributed by atoms with Crippen molar-refractivity contribution in [2.75, 3.05) is 41.0 Å². The Morgan fingerprint density at radius 2 is 1.95 bits per heavy atom. The summed E-state index contributed by atoms with van der Waals surface area (Å²) in [4.78, 5) is 12.1. The van der Waals surface area contributed by atoms with Gasteiger partial charge in [0.2, 0.25) is 0 Å². The number of methoxy groups -OCH3 is 2. The molecule has 0 aromatic heterocycles. The summed E-state index contributed by atoms with van der Waals surface area (Å²) in [6, 6.07) is 0. The van der Waals surface area contributed by atoms with Crippen molar-refractivity contribution in [1.29, 1.82) is 0 Å². The Bertz CT molecular complexity index is 367. The third-order valence-electron chi connectivity index (χ3n) is 4.67. The highest BCUT2D eigenvalue weighted by molar-refractivity contribution is 5.86. The highest BCUT2D eigenvalue weighted by Crippen LogP contribution is 2.59. The molecule has 2 rings (SSSR count). The van der Waals surface area contributed by atoms with Gasteiger partial charge in [-0.2, -0.15) is 0 Å². The summed E-state index contributed by atoms with van der Waals surface area (Å²) in [7, 11) is 3.18. The minimum absolute atomic E-state index is 0.0306. The lowest BCUT2D eigenvalue weighted by molar-refractivity contribution is -0.124. The molecule has 2 aliphatic rings. The van der Waals surface area contributed by atoms with Crippen molar-refractivity contribution >= 4 is 5.78 Å². The fourth-order valence-electron chi connectivity index (χ4n) is 3.82. The number of fused-ring (bicyclic) bond motifs is 2. The van der Waals surface area contributed by atoms with E-state index in [4.69, 9.17) is 18.9 Å². The van der Waals surface area contributed by atoms with E-state index in [0.29, 0.717) is 31.3 Å². The second-order valence-electron chi connectivity index (χ2n) is 5.65. The Kier molecular flexibility index (Phi) is 5.32. The first-order chi connectivity index (χ1) is 9.66. The van der Waals surface area contributed by atoms with E-state index in [1.807, 2.05) is 0 Å². The van der Waals surface area contributed by atoms with Crippen LogP contribution in [0.4, 0.5) is 0 Å². The highest BCUT2D eigenvalue weighted by Gasteiger charge is 2.60. The normalized spacial score (nSPS) is 32.0. The molecule has 0 radical (unpaired) electrons. The maximum Gasteiger partial charge on any atom is 0.146 e. The van der Waals surface area contributed by atoms with Gasteiger partial charge >= 0.3 is 0 Å². The number of Topliss-reactive ketones (excluding diaryl/α,β-unsaturated/α-hetero) is 1. The molecule has 20 heavy (non-hydrogen) atoms. The average Bonchev–Trinajstić information content (AvgIpc) is 2.91. The molecule has 114 valence electrons. The molecule has 0 N–H and O–H groups in total. The minimum Gasteiger partial charge on any atom is -0.359 e. The average molecular weight is 284 g/mol. The first kappa shape index (κ1) is 15.6. The number of hydrogen-bond acceptors (Lipinski definition) is 5. The molecule has 0 saturated heterocycles. The van der Waals surface area contributed by atoms with Crippen LogP contribution in [0.15, 0.2) is 12.2 Å². The fourth-order valence-corrected chi connectivity index (χ4v) is 3.82. The Morgan fingerprint density at radius 1 is 1.25 bits per heavy atom. The first-order valence-electron chi connectivity index (χ1n) is 7.01. The van der Waals surface area contributed by atoms with E-state index in [-0.39, 0.29) is 24.9 Å². The monoisotopic (exact) mass is 284 g/mol. The fraction of sp³-hybridized carbons (Fsp3) is 0.800. The highest BCUT2D eigenvalue weighted by atomic mass is 16.7.